The molecule has 0 aliphatic heterocycles. The summed E-state index contributed by atoms with van der Waals surface area (Å²) in [5, 5.41) is 16.7. The number of halogens is 1. The number of amides is 1. The number of hydrogen-bond acceptors (Lipinski definition) is 5. The monoisotopic (exact) mass is 353 g/mol. The van der Waals surface area contributed by atoms with Crippen LogP contribution in [0.3, 0.4) is 0 Å². The first kappa shape index (κ1) is 14.7. The molecule has 0 radical (unpaired) electrons. The molecule has 0 saturated carbocycles. The van der Waals surface area contributed by atoms with E-state index in [4.69, 9.17) is 5.21 Å². The Hall–Kier alpha value is -1.73. The predicted molar refractivity (Wildman–Crippen MR) is 82.9 cm³/mol. The van der Waals surface area contributed by atoms with E-state index in [0.29, 0.717) is 22.1 Å². The Kier molecular flexibility index (Phi) is 4.51. The molecule has 0 saturated heterocycles. The van der Waals surface area contributed by atoms with Gasteiger partial charge in [-0.1, -0.05) is 17.3 Å². The number of anilines is 1. The number of aryl methyl sites for hydroxylation is 1. The third-order valence-electron chi connectivity index (χ3n) is 2.68. The zero-order valence-electron chi connectivity index (χ0n) is 10.8. The van der Waals surface area contributed by atoms with Crippen molar-refractivity contribution in [1.82, 2.24) is 4.98 Å². The second kappa shape index (κ2) is 6.15. The molecule has 2 aromatic rings. The summed E-state index contributed by atoms with van der Waals surface area (Å²) in [7, 11) is 0. The van der Waals surface area contributed by atoms with Gasteiger partial charge in [-0.2, -0.15) is 0 Å². The quantitative estimate of drug-likeness (QED) is 0.502. The van der Waals surface area contributed by atoms with E-state index >= 15 is 0 Å². The Bertz CT molecular complexity index is 682. The molecule has 0 aliphatic rings. The van der Waals surface area contributed by atoms with Crippen LogP contribution in [-0.2, 0) is 0 Å². The molecule has 2 N–H and O–H groups in total. The van der Waals surface area contributed by atoms with Crippen molar-refractivity contribution in [3.8, 4) is 0 Å². The van der Waals surface area contributed by atoms with Crippen molar-refractivity contribution in [3.05, 3.63) is 44.9 Å². The molecule has 20 heavy (non-hydrogen) atoms. The fourth-order valence-corrected chi connectivity index (χ4v) is 2.73. The van der Waals surface area contributed by atoms with Gasteiger partial charge in [0.1, 0.15) is 11.4 Å². The lowest BCUT2D eigenvalue weighted by molar-refractivity contribution is 0.102. The molecule has 104 valence electrons. The molecule has 0 fully saturated rings. The predicted octanol–water partition coefficient (Wildman–Crippen LogP) is 3.66. The molecular formula is C13H12BrN3O2S. The summed E-state index contributed by atoms with van der Waals surface area (Å²) in [4.78, 5) is 16.4. The van der Waals surface area contributed by atoms with Crippen molar-refractivity contribution in [2.24, 2.45) is 5.16 Å². The van der Waals surface area contributed by atoms with E-state index < -0.39 is 0 Å². The van der Waals surface area contributed by atoms with Gasteiger partial charge in [0.15, 0.2) is 5.13 Å². The number of carbonyl (C=O) groups is 1. The van der Waals surface area contributed by atoms with Crippen LogP contribution in [0.25, 0.3) is 0 Å². The number of rotatable bonds is 3. The average Bonchev–Trinajstić information content (AvgIpc) is 2.89. The molecule has 1 heterocycles. The summed E-state index contributed by atoms with van der Waals surface area (Å²) in [6, 6.07) is 5.48. The summed E-state index contributed by atoms with van der Waals surface area (Å²) >= 11 is 4.68. The van der Waals surface area contributed by atoms with Gasteiger partial charge in [-0.05, 0) is 41.4 Å². The van der Waals surface area contributed by atoms with E-state index in [-0.39, 0.29) is 5.91 Å². The van der Waals surface area contributed by atoms with E-state index in [1.54, 1.807) is 18.4 Å². The lowest BCUT2D eigenvalue weighted by Gasteiger charge is -2.06. The Morgan fingerprint density at radius 1 is 1.50 bits per heavy atom. The van der Waals surface area contributed by atoms with Crippen LogP contribution in [0.4, 0.5) is 5.13 Å². The van der Waals surface area contributed by atoms with E-state index in [1.807, 2.05) is 19.1 Å². The maximum atomic E-state index is 12.2. The van der Waals surface area contributed by atoms with Gasteiger partial charge in [-0.25, -0.2) is 4.98 Å². The molecule has 1 amide bonds. The van der Waals surface area contributed by atoms with Gasteiger partial charge in [0.25, 0.3) is 5.91 Å². The second-order valence-electron chi connectivity index (χ2n) is 4.11. The zero-order chi connectivity index (χ0) is 14.7. The van der Waals surface area contributed by atoms with E-state index in [9.17, 15) is 4.79 Å². The van der Waals surface area contributed by atoms with Crippen molar-refractivity contribution < 1.29 is 10.0 Å². The third-order valence-corrected chi connectivity index (χ3v) is 4.49. The van der Waals surface area contributed by atoms with Crippen LogP contribution < -0.4 is 5.32 Å². The van der Waals surface area contributed by atoms with Crippen molar-refractivity contribution in [2.75, 3.05) is 5.32 Å². The van der Waals surface area contributed by atoms with Gasteiger partial charge in [0.2, 0.25) is 0 Å². The molecule has 0 spiro atoms. The van der Waals surface area contributed by atoms with Gasteiger partial charge >= 0.3 is 0 Å². The first-order valence-electron chi connectivity index (χ1n) is 5.74. The van der Waals surface area contributed by atoms with Crippen molar-refractivity contribution in [3.63, 3.8) is 0 Å². The largest absolute Gasteiger partial charge is 0.411 e. The average molecular weight is 354 g/mol. The molecule has 0 aliphatic carbocycles. The van der Waals surface area contributed by atoms with Crippen LogP contribution in [0.2, 0.25) is 0 Å². The van der Waals surface area contributed by atoms with Crippen LogP contribution in [-0.4, -0.2) is 21.8 Å². The lowest BCUT2D eigenvalue weighted by Crippen LogP contribution is -2.13. The topological polar surface area (TPSA) is 74.6 Å². The Labute approximate surface area is 128 Å². The molecule has 0 atom stereocenters. The standard InChI is InChI=1S/C13H12BrN3O2S/c1-7-4-3-5-9(11(7)14)12(18)16-13-15-10(6-20-13)8(2)17-19/h3-6,19H,1-2H3,(H,15,16,18)/b17-8-. The number of aromatic nitrogens is 1. The first-order chi connectivity index (χ1) is 9.52. The fourth-order valence-electron chi connectivity index (χ4n) is 1.54. The van der Waals surface area contributed by atoms with Crippen LogP contribution in [0, 0.1) is 6.92 Å². The highest BCUT2D eigenvalue weighted by Gasteiger charge is 2.13. The maximum absolute atomic E-state index is 12.2. The zero-order valence-corrected chi connectivity index (χ0v) is 13.2. The van der Waals surface area contributed by atoms with Gasteiger partial charge in [0, 0.05) is 9.85 Å². The minimum atomic E-state index is -0.236. The fraction of sp³-hybridized carbons (Fsp3) is 0.154. The molecule has 0 bridgehead atoms. The molecule has 7 heteroatoms. The Balaban J connectivity index is 2.20. The van der Waals surface area contributed by atoms with Gasteiger partial charge in [-0.3, -0.25) is 10.1 Å². The number of thiazole rings is 1. The van der Waals surface area contributed by atoms with Gasteiger partial charge < -0.3 is 5.21 Å². The van der Waals surface area contributed by atoms with Crippen LogP contribution in [0.5, 0.6) is 0 Å². The summed E-state index contributed by atoms with van der Waals surface area (Å²) in [6.07, 6.45) is 0. The number of nitrogens with one attached hydrogen (secondary N) is 1. The number of nitrogens with zero attached hydrogens (tertiary/aromatic N) is 2. The van der Waals surface area contributed by atoms with Gasteiger partial charge in [-0.15, -0.1) is 11.3 Å². The number of benzene rings is 1. The van der Waals surface area contributed by atoms with Crippen LogP contribution in [0.15, 0.2) is 33.2 Å². The summed E-state index contributed by atoms with van der Waals surface area (Å²) < 4.78 is 0.766. The maximum Gasteiger partial charge on any atom is 0.258 e. The van der Waals surface area contributed by atoms with Crippen LogP contribution in [0.1, 0.15) is 28.5 Å². The summed E-state index contributed by atoms with van der Waals surface area (Å²) in [5.41, 5.74) is 2.48. The molecule has 1 aromatic carbocycles. The van der Waals surface area contributed by atoms with Gasteiger partial charge in [0.05, 0.1) is 5.56 Å². The Morgan fingerprint density at radius 3 is 2.95 bits per heavy atom. The highest BCUT2D eigenvalue weighted by Crippen LogP contribution is 2.23. The third kappa shape index (κ3) is 3.05. The smallest absolute Gasteiger partial charge is 0.258 e. The SMILES string of the molecule is C/C(=N/O)c1csc(NC(=O)c2cccc(C)c2Br)n1. The lowest BCUT2D eigenvalue weighted by atomic mass is 10.1. The first-order valence-corrected chi connectivity index (χ1v) is 7.41. The number of hydrogen-bond donors (Lipinski definition) is 2. The minimum absolute atomic E-state index is 0.236. The van der Waals surface area contributed by atoms with E-state index in [2.05, 4.69) is 31.4 Å². The molecule has 5 nitrogen and oxygen atoms in total. The molecule has 0 unspecified atom stereocenters. The summed E-state index contributed by atoms with van der Waals surface area (Å²) in [6.45, 7) is 3.56. The van der Waals surface area contributed by atoms with E-state index in [1.165, 1.54) is 11.3 Å². The highest BCUT2D eigenvalue weighted by atomic mass is 79.9. The molecule has 2 rings (SSSR count). The minimum Gasteiger partial charge on any atom is -0.411 e. The van der Waals surface area contributed by atoms with Crippen molar-refractivity contribution >= 4 is 44.0 Å². The van der Waals surface area contributed by atoms with Crippen molar-refractivity contribution in [2.45, 2.75) is 13.8 Å². The Morgan fingerprint density at radius 2 is 2.25 bits per heavy atom. The second-order valence-corrected chi connectivity index (χ2v) is 5.76. The highest BCUT2D eigenvalue weighted by molar-refractivity contribution is 9.10. The normalized spacial score (nSPS) is 11.4. The number of carbonyl (C=O) groups excluding carboxylic acids is 1. The van der Waals surface area contributed by atoms with Crippen LogP contribution >= 0.6 is 27.3 Å². The number of oxime groups is 1. The van der Waals surface area contributed by atoms with Crippen molar-refractivity contribution in [1.29, 1.82) is 0 Å². The molecule has 1 aromatic heterocycles. The summed E-state index contributed by atoms with van der Waals surface area (Å²) in [5.74, 6) is -0.236. The molecular weight excluding hydrogens is 342 g/mol. The van der Waals surface area contributed by atoms with E-state index in [0.717, 1.165) is 10.0 Å².